The number of fused-ring (bicyclic) bond motifs is 1. The second-order valence-electron chi connectivity index (χ2n) is 4.81. The van der Waals surface area contributed by atoms with E-state index in [1.54, 1.807) is 0 Å². The number of hydrogen-bond donors (Lipinski definition) is 1. The van der Waals surface area contributed by atoms with Crippen LogP contribution in [0.2, 0.25) is 0 Å². The SMILES string of the molecule is Cn1c(C2CCC(=O)NC2=O)cc2cccc(Br)c21. The molecule has 19 heavy (non-hydrogen) atoms. The lowest BCUT2D eigenvalue weighted by molar-refractivity contribution is -0.134. The molecule has 2 amide bonds. The molecule has 1 aromatic carbocycles. The molecule has 1 aliphatic rings. The predicted molar refractivity (Wildman–Crippen MR) is 75.7 cm³/mol. The van der Waals surface area contributed by atoms with Crippen molar-refractivity contribution in [2.24, 2.45) is 7.05 Å². The lowest BCUT2D eigenvalue weighted by Gasteiger charge is -2.21. The summed E-state index contributed by atoms with van der Waals surface area (Å²) < 4.78 is 3.03. The number of amides is 2. The van der Waals surface area contributed by atoms with Crippen LogP contribution >= 0.6 is 15.9 Å². The maximum Gasteiger partial charge on any atom is 0.235 e. The van der Waals surface area contributed by atoms with Crippen molar-refractivity contribution in [1.82, 2.24) is 9.88 Å². The van der Waals surface area contributed by atoms with Crippen LogP contribution in [0.25, 0.3) is 10.9 Å². The molecule has 1 aromatic heterocycles. The molecule has 0 bridgehead atoms. The van der Waals surface area contributed by atoms with Crippen molar-refractivity contribution in [3.05, 3.63) is 34.4 Å². The molecule has 1 N–H and O–H groups in total. The minimum atomic E-state index is -0.248. The third-order valence-corrected chi connectivity index (χ3v) is 4.28. The second kappa shape index (κ2) is 4.49. The van der Waals surface area contributed by atoms with Crippen LogP contribution in [0.5, 0.6) is 0 Å². The molecule has 1 saturated heterocycles. The van der Waals surface area contributed by atoms with E-state index in [1.165, 1.54) is 0 Å². The summed E-state index contributed by atoms with van der Waals surface area (Å²) in [6, 6.07) is 8.01. The normalized spacial score (nSPS) is 19.8. The van der Waals surface area contributed by atoms with Crippen LogP contribution in [0.1, 0.15) is 24.5 Å². The van der Waals surface area contributed by atoms with E-state index in [2.05, 4.69) is 21.2 Å². The molecule has 4 nitrogen and oxygen atoms in total. The molecule has 1 unspecified atom stereocenters. The van der Waals surface area contributed by atoms with Crippen molar-refractivity contribution >= 4 is 38.6 Å². The van der Waals surface area contributed by atoms with Gasteiger partial charge in [-0.1, -0.05) is 12.1 Å². The smallest absolute Gasteiger partial charge is 0.235 e. The standard InChI is InChI=1S/C14H13BrN2O2/c1-17-11(9-5-6-12(18)16-14(9)19)7-8-3-2-4-10(15)13(8)17/h2-4,7,9H,5-6H2,1H3,(H,16,18,19). The molecule has 0 aliphatic carbocycles. The average molecular weight is 321 g/mol. The minimum absolute atomic E-state index is 0.179. The van der Waals surface area contributed by atoms with Gasteiger partial charge in [0.15, 0.2) is 0 Å². The topological polar surface area (TPSA) is 51.1 Å². The zero-order valence-corrected chi connectivity index (χ0v) is 12.0. The summed E-state index contributed by atoms with van der Waals surface area (Å²) in [5, 5.41) is 3.51. The van der Waals surface area contributed by atoms with Gasteiger partial charge in [0.1, 0.15) is 0 Å². The molecule has 0 radical (unpaired) electrons. The Labute approximate surface area is 118 Å². The molecule has 3 rings (SSSR count). The molecular formula is C14H13BrN2O2. The lowest BCUT2D eigenvalue weighted by atomic mass is 9.94. The van der Waals surface area contributed by atoms with Gasteiger partial charge in [0.2, 0.25) is 11.8 Å². The molecule has 5 heteroatoms. The molecule has 1 atom stereocenters. The number of aryl methyl sites for hydroxylation is 1. The summed E-state index contributed by atoms with van der Waals surface area (Å²) in [6.07, 6.45) is 0.978. The monoisotopic (exact) mass is 320 g/mol. The molecule has 1 aliphatic heterocycles. The largest absolute Gasteiger partial charge is 0.346 e. The third-order valence-electron chi connectivity index (χ3n) is 3.64. The number of piperidine rings is 1. The fraction of sp³-hybridized carbons (Fsp3) is 0.286. The van der Waals surface area contributed by atoms with Crippen LogP contribution in [0.15, 0.2) is 28.7 Å². The zero-order valence-electron chi connectivity index (χ0n) is 10.4. The number of benzene rings is 1. The van der Waals surface area contributed by atoms with E-state index in [0.29, 0.717) is 12.8 Å². The molecule has 98 valence electrons. The Bertz CT molecular complexity index is 690. The Hall–Kier alpha value is -1.62. The fourth-order valence-electron chi connectivity index (χ4n) is 2.70. The van der Waals surface area contributed by atoms with Crippen LogP contribution in [0.3, 0.4) is 0 Å². The van der Waals surface area contributed by atoms with Crippen LogP contribution in [-0.2, 0) is 16.6 Å². The van der Waals surface area contributed by atoms with Gasteiger partial charge in [-0.25, -0.2) is 0 Å². The van der Waals surface area contributed by atoms with E-state index < -0.39 is 0 Å². The average Bonchev–Trinajstić information content (AvgIpc) is 2.68. The molecule has 0 saturated carbocycles. The van der Waals surface area contributed by atoms with Crippen molar-refractivity contribution in [2.45, 2.75) is 18.8 Å². The highest BCUT2D eigenvalue weighted by molar-refractivity contribution is 9.10. The number of hydrogen-bond acceptors (Lipinski definition) is 2. The van der Waals surface area contributed by atoms with Crippen LogP contribution in [-0.4, -0.2) is 16.4 Å². The lowest BCUT2D eigenvalue weighted by Crippen LogP contribution is -2.40. The molecule has 1 fully saturated rings. The van der Waals surface area contributed by atoms with Gasteiger partial charge < -0.3 is 4.57 Å². The van der Waals surface area contributed by atoms with Gasteiger partial charge in [-0.15, -0.1) is 0 Å². The Balaban J connectivity index is 2.11. The Kier molecular flexibility index (Phi) is 2.93. The summed E-state index contributed by atoms with van der Waals surface area (Å²) in [5.41, 5.74) is 2.02. The van der Waals surface area contributed by atoms with Crippen molar-refractivity contribution in [1.29, 1.82) is 0 Å². The number of halogens is 1. The zero-order chi connectivity index (χ0) is 13.6. The quantitative estimate of drug-likeness (QED) is 0.821. The first kappa shape index (κ1) is 12.4. The van der Waals surface area contributed by atoms with Gasteiger partial charge >= 0.3 is 0 Å². The van der Waals surface area contributed by atoms with Gasteiger partial charge in [0.25, 0.3) is 0 Å². The second-order valence-corrected chi connectivity index (χ2v) is 5.66. The fourth-order valence-corrected chi connectivity index (χ4v) is 3.35. The van der Waals surface area contributed by atoms with E-state index in [9.17, 15) is 9.59 Å². The summed E-state index contributed by atoms with van der Waals surface area (Å²) >= 11 is 3.53. The van der Waals surface area contributed by atoms with Crippen molar-refractivity contribution in [2.75, 3.05) is 0 Å². The Morgan fingerprint density at radius 3 is 2.84 bits per heavy atom. The first-order chi connectivity index (χ1) is 9.08. The van der Waals surface area contributed by atoms with Gasteiger partial charge in [-0.3, -0.25) is 14.9 Å². The van der Waals surface area contributed by atoms with Crippen LogP contribution in [0.4, 0.5) is 0 Å². The maximum atomic E-state index is 12.0. The number of para-hydroxylation sites is 1. The predicted octanol–water partition coefficient (Wildman–Crippen LogP) is 2.46. The van der Waals surface area contributed by atoms with Crippen LogP contribution in [0, 0.1) is 0 Å². The first-order valence-corrected chi connectivity index (χ1v) is 6.95. The number of imide groups is 1. The summed E-state index contributed by atoms with van der Waals surface area (Å²) in [7, 11) is 1.95. The third kappa shape index (κ3) is 1.98. The number of aromatic nitrogens is 1. The molecule has 2 aromatic rings. The number of nitrogens with zero attached hydrogens (tertiary/aromatic N) is 1. The minimum Gasteiger partial charge on any atom is -0.346 e. The molecular weight excluding hydrogens is 308 g/mol. The Morgan fingerprint density at radius 1 is 1.37 bits per heavy atom. The van der Waals surface area contributed by atoms with Gasteiger partial charge in [-0.05, 0) is 34.5 Å². The van der Waals surface area contributed by atoms with E-state index >= 15 is 0 Å². The van der Waals surface area contributed by atoms with E-state index in [-0.39, 0.29) is 17.7 Å². The Morgan fingerprint density at radius 2 is 2.16 bits per heavy atom. The van der Waals surface area contributed by atoms with Gasteiger partial charge in [0.05, 0.1) is 11.4 Å². The van der Waals surface area contributed by atoms with Crippen molar-refractivity contribution in [3.8, 4) is 0 Å². The number of carbonyl (C=O) groups excluding carboxylic acids is 2. The summed E-state index contributed by atoms with van der Waals surface area (Å²) in [6.45, 7) is 0. The van der Waals surface area contributed by atoms with Crippen LogP contribution < -0.4 is 5.32 Å². The number of rotatable bonds is 1. The summed E-state index contributed by atoms with van der Waals surface area (Å²) in [4.78, 5) is 23.2. The highest BCUT2D eigenvalue weighted by Crippen LogP contribution is 2.32. The van der Waals surface area contributed by atoms with Gasteiger partial charge in [0, 0.05) is 29.0 Å². The molecule has 0 spiro atoms. The molecule has 2 heterocycles. The van der Waals surface area contributed by atoms with E-state index in [1.807, 2.05) is 35.9 Å². The highest BCUT2D eigenvalue weighted by atomic mass is 79.9. The number of carbonyl (C=O) groups is 2. The maximum absolute atomic E-state index is 12.0. The summed E-state index contributed by atoms with van der Waals surface area (Å²) in [5.74, 6) is -0.624. The van der Waals surface area contributed by atoms with E-state index in [4.69, 9.17) is 0 Å². The highest BCUT2D eigenvalue weighted by Gasteiger charge is 2.30. The first-order valence-electron chi connectivity index (χ1n) is 6.15. The van der Waals surface area contributed by atoms with Crippen molar-refractivity contribution < 1.29 is 9.59 Å². The number of nitrogens with one attached hydrogen (secondary N) is 1. The van der Waals surface area contributed by atoms with E-state index in [0.717, 1.165) is 21.1 Å². The van der Waals surface area contributed by atoms with Gasteiger partial charge in [-0.2, -0.15) is 0 Å². The van der Waals surface area contributed by atoms with Crippen molar-refractivity contribution in [3.63, 3.8) is 0 Å².